The molecule has 1 fully saturated rings. The third kappa shape index (κ3) is 5.41. The van der Waals surface area contributed by atoms with E-state index >= 15 is 0 Å². The fourth-order valence-corrected chi connectivity index (χ4v) is 2.86. The molecule has 0 spiro atoms. The van der Waals surface area contributed by atoms with Crippen LogP contribution in [-0.4, -0.2) is 77.5 Å². The molecule has 2 amide bonds. The van der Waals surface area contributed by atoms with Crippen molar-refractivity contribution in [3.63, 3.8) is 0 Å². The first-order valence-corrected chi connectivity index (χ1v) is 8.40. The van der Waals surface area contributed by atoms with Crippen LogP contribution in [0.4, 0.5) is 5.69 Å². The van der Waals surface area contributed by atoms with Crippen LogP contribution >= 0.6 is 0 Å². The maximum absolute atomic E-state index is 12.2. The van der Waals surface area contributed by atoms with Crippen LogP contribution in [0.5, 0.6) is 5.88 Å². The van der Waals surface area contributed by atoms with E-state index in [1.807, 2.05) is 4.90 Å². The number of ether oxygens (including phenoxy) is 1. The van der Waals surface area contributed by atoms with Crippen LogP contribution in [-0.2, 0) is 14.4 Å². The first-order valence-electron chi connectivity index (χ1n) is 8.40. The van der Waals surface area contributed by atoms with Gasteiger partial charge < -0.3 is 20.1 Å². The number of nitrogens with zero attached hydrogens (tertiary/aromatic N) is 3. The van der Waals surface area contributed by atoms with Crippen molar-refractivity contribution in [2.75, 3.05) is 45.2 Å². The van der Waals surface area contributed by atoms with Gasteiger partial charge >= 0.3 is 5.97 Å². The van der Waals surface area contributed by atoms with Crippen molar-refractivity contribution in [1.82, 2.24) is 14.8 Å². The second-order valence-corrected chi connectivity index (χ2v) is 6.15. The maximum Gasteiger partial charge on any atom is 0.308 e. The van der Waals surface area contributed by atoms with E-state index in [1.54, 1.807) is 17.0 Å². The van der Waals surface area contributed by atoms with E-state index in [2.05, 4.69) is 10.3 Å². The first kappa shape index (κ1) is 19.6. The quantitative estimate of drug-likeness (QED) is 0.715. The van der Waals surface area contributed by atoms with E-state index in [-0.39, 0.29) is 24.8 Å². The molecule has 26 heavy (non-hydrogen) atoms. The monoisotopic (exact) mass is 364 g/mol. The van der Waals surface area contributed by atoms with Gasteiger partial charge in [0.1, 0.15) is 5.69 Å². The van der Waals surface area contributed by atoms with Gasteiger partial charge in [-0.15, -0.1) is 0 Å². The number of nitrogens with one attached hydrogen (secondary N) is 1. The van der Waals surface area contributed by atoms with E-state index in [4.69, 9.17) is 4.74 Å². The lowest BCUT2D eigenvalue weighted by Gasteiger charge is -2.35. The molecule has 142 valence electrons. The Morgan fingerprint density at radius 2 is 2.00 bits per heavy atom. The van der Waals surface area contributed by atoms with Crippen LogP contribution in [0.3, 0.4) is 0 Å². The molecule has 1 aliphatic rings. The number of carbonyl (C=O) groups is 3. The number of carbonyl (C=O) groups excluding carboxylic acids is 2. The average molecular weight is 364 g/mol. The molecule has 0 radical (unpaired) electrons. The average Bonchev–Trinajstić information content (AvgIpc) is 2.62. The number of anilines is 1. The van der Waals surface area contributed by atoms with E-state index in [0.717, 1.165) is 0 Å². The van der Waals surface area contributed by atoms with E-state index in [0.29, 0.717) is 31.9 Å². The van der Waals surface area contributed by atoms with Crippen molar-refractivity contribution in [2.24, 2.45) is 5.92 Å². The maximum atomic E-state index is 12.2. The zero-order valence-corrected chi connectivity index (χ0v) is 15.0. The highest BCUT2D eigenvalue weighted by atomic mass is 16.5. The van der Waals surface area contributed by atoms with Crippen molar-refractivity contribution in [1.29, 1.82) is 0 Å². The molecule has 1 aromatic rings. The Balaban J connectivity index is 1.90. The first-order chi connectivity index (χ1) is 12.4. The third-order valence-corrected chi connectivity index (χ3v) is 4.32. The van der Waals surface area contributed by atoms with Gasteiger partial charge in [-0.3, -0.25) is 19.3 Å². The minimum Gasteiger partial charge on any atom is -0.481 e. The number of hydrogen-bond donors (Lipinski definition) is 2. The molecule has 1 atom stereocenters. The Morgan fingerprint density at radius 1 is 1.31 bits per heavy atom. The fraction of sp³-hybridized carbons (Fsp3) is 0.529. The van der Waals surface area contributed by atoms with Crippen molar-refractivity contribution in [3.8, 4) is 5.88 Å². The van der Waals surface area contributed by atoms with Crippen LogP contribution in [0.15, 0.2) is 18.3 Å². The molecule has 1 aromatic heterocycles. The molecule has 1 aliphatic heterocycles. The molecule has 0 aliphatic carbocycles. The van der Waals surface area contributed by atoms with Gasteiger partial charge in [-0.25, -0.2) is 4.98 Å². The molecular formula is C17H24N4O5. The Labute approximate surface area is 151 Å². The van der Waals surface area contributed by atoms with Gasteiger partial charge in [0.15, 0.2) is 0 Å². The highest BCUT2D eigenvalue weighted by Crippen LogP contribution is 2.20. The summed E-state index contributed by atoms with van der Waals surface area (Å²) in [6, 6.07) is 3.29. The smallest absolute Gasteiger partial charge is 0.308 e. The summed E-state index contributed by atoms with van der Waals surface area (Å²) in [5, 5.41) is 12.1. The lowest BCUT2D eigenvalue weighted by Crippen LogP contribution is -2.50. The lowest BCUT2D eigenvalue weighted by molar-refractivity contribution is -0.144. The molecular weight excluding hydrogens is 340 g/mol. The molecule has 2 N–H and O–H groups in total. The Hall–Kier alpha value is -2.68. The third-order valence-electron chi connectivity index (χ3n) is 4.32. The van der Waals surface area contributed by atoms with E-state index < -0.39 is 17.8 Å². The van der Waals surface area contributed by atoms with Crippen LogP contribution in [0.2, 0.25) is 0 Å². The van der Waals surface area contributed by atoms with Crippen LogP contribution in [0, 0.1) is 5.92 Å². The SMILES string of the molecule is COc1ncccc1NC(=O)C[C@H](CN1CCN(C(C)=O)CC1)C(=O)O. The van der Waals surface area contributed by atoms with E-state index in [1.165, 1.54) is 20.2 Å². The van der Waals surface area contributed by atoms with Gasteiger partial charge in [-0.1, -0.05) is 0 Å². The molecule has 0 unspecified atom stereocenters. The summed E-state index contributed by atoms with van der Waals surface area (Å²) in [6.45, 7) is 4.12. The Kier molecular flexibility index (Phi) is 6.90. The summed E-state index contributed by atoms with van der Waals surface area (Å²) >= 11 is 0. The zero-order valence-electron chi connectivity index (χ0n) is 15.0. The van der Waals surface area contributed by atoms with Crippen LogP contribution < -0.4 is 10.1 Å². The molecule has 0 saturated carbocycles. The molecule has 1 saturated heterocycles. The summed E-state index contributed by atoms with van der Waals surface area (Å²) in [5.74, 6) is -1.97. The number of amides is 2. The number of carboxylic acid groups (broad SMARTS) is 1. The number of pyridine rings is 1. The number of carboxylic acids is 1. The van der Waals surface area contributed by atoms with Crippen LogP contribution in [0.25, 0.3) is 0 Å². The zero-order chi connectivity index (χ0) is 19.1. The van der Waals surface area contributed by atoms with Crippen molar-refractivity contribution >= 4 is 23.5 Å². The summed E-state index contributed by atoms with van der Waals surface area (Å²) in [7, 11) is 1.44. The number of piperazine rings is 1. The number of methoxy groups -OCH3 is 1. The number of rotatable bonds is 7. The van der Waals surface area contributed by atoms with Gasteiger partial charge in [0.25, 0.3) is 0 Å². The summed E-state index contributed by atoms with van der Waals surface area (Å²) in [6.07, 6.45) is 1.38. The minimum atomic E-state index is -1.02. The predicted octanol–water partition coefficient (Wildman–Crippen LogP) is 0.284. The van der Waals surface area contributed by atoms with Gasteiger partial charge in [-0.2, -0.15) is 0 Å². The summed E-state index contributed by atoms with van der Waals surface area (Å²) in [5.41, 5.74) is 0.402. The molecule has 2 rings (SSSR count). The fourth-order valence-electron chi connectivity index (χ4n) is 2.86. The van der Waals surface area contributed by atoms with Gasteiger partial charge in [0.2, 0.25) is 17.7 Å². The number of aliphatic carboxylic acids is 1. The van der Waals surface area contributed by atoms with Crippen molar-refractivity contribution < 1.29 is 24.2 Å². The molecule has 2 heterocycles. The van der Waals surface area contributed by atoms with E-state index in [9.17, 15) is 19.5 Å². The minimum absolute atomic E-state index is 0.0178. The topological polar surface area (TPSA) is 112 Å². The Bertz CT molecular complexity index is 658. The lowest BCUT2D eigenvalue weighted by atomic mass is 10.0. The largest absolute Gasteiger partial charge is 0.481 e. The van der Waals surface area contributed by atoms with Gasteiger partial charge in [0.05, 0.1) is 13.0 Å². The van der Waals surface area contributed by atoms with Gasteiger partial charge in [-0.05, 0) is 12.1 Å². The normalized spacial score (nSPS) is 16.0. The second kappa shape index (κ2) is 9.14. The Morgan fingerprint density at radius 3 is 2.58 bits per heavy atom. The summed E-state index contributed by atoms with van der Waals surface area (Å²) < 4.78 is 5.07. The molecule has 0 bridgehead atoms. The molecule has 0 aromatic carbocycles. The standard InChI is InChI=1S/C17H24N4O5/c1-12(22)21-8-6-20(7-9-21)11-13(17(24)25)10-15(23)19-14-4-3-5-18-16(14)26-2/h3-5,13H,6-11H2,1-2H3,(H,19,23)(H,24,25)/t13-/m1/s1. The van der Waals surface area contributed by atoms with Crippen molar-refractivity contribution in [3.05, 3.63) is 18.3 Å². The number of hydrogen-bond acceptors (Lipinski definition) is 6. The summed E-state index contributed by atoms with van der Waals surface area (Å²) in [4.78, 5) is 42.8. The van der Waals surface area contributed by atoms with Crippen LogP contribution in [0.1, 0.15) is 13.3 Å². The molecule has 9 heteroatoms. The highest BCUT2D eigenvalue weighted by Gasteiger charge is 2.27. The second-order valence-electron chi connectivity index (χ2n) is 6.15. The predicted molar refractivity (Wildman–Crippen MR) is 93.9 cm³/mol. The molecule has 9 nitrogen and oxygen atoms in total. The highest BCUT2D eigenvalue weighted by molar-refractivity contribution is 5.94. The van der Waals surface area contributed by atoms with Crippen molar-refractivity contribution in [2.45, 2.75) is 13.3 Å². The number of aromatic nitrogens is 1. The van der Waals surface area contributed by atoms with Gasteiger partial charge in [0, 0.05) is 52.3 Å².